The van der Waals surface area contributed by atoms with Gasteiger partial charge in [-0.1, -0.05) is 17.7 Å². The third kappa shape index (κ3) is 2.96. The molecule has 0 saturated heterocycles. The van der Waals surface area contributed by atoms with E-state index in [1.165, 1.54) is 0 Å². The van der Waals surface area contributed by atoms with Gasteiger partial charge in [-0.25, -0.2) is 4.98 Å². The second-order valence-corrected chi connectivity index (χ2v) is 4.70. The molecule has 2 rings (SSSR count). The summed E-state index contributed by atoms with van der Waals surface area (Å²) < 4.78 is 1.13. The summed E-state index contributed by atoms with van der Waals surface area (Å²) >= 11 is 8.01. The lowest BCUT2D eigenvalue weighted by atomic mass is 10.3. The summed E-state index contributed by atoms with van der Waals surface area (Å²) in [6, 6.07) is 9.52. The molecule has 4 nitrogen and oxygen atoms in total. The normalized spacial score (nSPS) is 10.1. The fourth-order valence-electron chi connectivity index (χ4n) is 1.21. The van der Waals surface area contributed by atoms with Gasteiger partial charge in [0.05, 0.1) is 0 Å². The summed E-state index contributed by atoms with van der Waals surface area (Å²) in [5.41, 5.74) is 6.43. The standard InChI is InChI=1S/C10H8ClIN4/c11-8-5-9(16-10(13)15-8)14-7-3-1-2-6(12)4-7/h1-5H,(H3,13,14,15,16). The molecule has 2 aromatic rings. The summed E-state index contributed by atoms with van der Waals surface area (Å²) in [5, 5.41) is 3.43. The second-order valence-electron chi connectivity index (χ2n) is 3.07. The first-order chi connectivity index (χ1) is 7.63. The van der Waals surface area contributed by atoms with E-state index < -0.39 is 0 Å². The van der Waals surface area contributed by atoms with Crippen LogP contribution in [0.1, 0.15) is 0 Å². The molecule has 0 bridgehead atoms. The summed E-state index contributed by atoms with van der Waals surface area (Å²) in [5.74, 6) is 0.736. The van der Waals surface area contributed by atoms with Crippen LogP contribution in [0.2, 0.25) is 5.15 Å². The minimum absolute atomic E-state index is 0.153. The maximum absolute atomic E-state index is 5.78. The van der Waals surface area contributed by atoms with Gasteiger partial charge in [-0.2, -0.15) is 4.98 Å². The number of benzene rings is 1. The van der Waals surface area contributed by atoms with Crippen LogP contribution in [-0.2, 0) is 0 Å². The molecule has 0 radical (unpaired) electrons. The van der Waals surface area contributed by atoms with Crippen molar-refractivity contribution in [3.8, 4) is 0 Å². The maximum atomic E-state index is 5.78. The minimum atomic E-state index is 0.153. The van der Waals surface area contributed by atoms with Crippen molar-refractivity contribution in [1.82, 2.24) is 9.97 Å². The highest BCUT2D eigenvalue weighted by atomic mass is 127. The van der Waals surface area contributed by atoms with E-state index in [1.54, 1.807) is 6.07 Å². The SMILES string of the molecule is Nc1nc(Cl)cc(Nc2cccc(I)c2)n1. The Labute approximate surface area is 111 Å². The fraction of sp³-hybridized carbons (Fsp3) is 0. The summed E-state index contributed by atoms with van der Waals surface area (Å²) in [6.45, 7) is 0. The Morgan fingerprint density at radius 2 is 2.06 bits per heavy atom. The van der Waals surface area contributed by atoms with Crippen molar-refractivity contribution in [2.45, 2.75) is 0 Å². The van der Waals surface area contributed by atoms with E-state index >= 15 is 0 Å². The number of hydrogen-bond donors (Lipinski definition) is 2. The van der Waals surface area contributed by atoms with Gasteiger partial charge in [0.25, 0.3) is 0 Å². The first-order valence-corrected chi connectivity index (χ1v) is 5.92. The highest BCUT2D eigenvalue weighted by Crippen LogP contribution is 2.19. The van der Waals surface area contributed by atoms with Gasteiger partial charge in [-0.05, 0) is 40.8 Å². The molecule has 0 saturated carbocycles. The minimum Gasteiger partial charge on any atom is -0.368 e. The van der Waals surface area contributed by atoms with Gasteiger partial charge in [0.2, 0.25) is 5.95 Å². The van der Waals surface area contributed by atoms with Gasteiger partial charge in [-0.15, -0.1) is 0 Å². The van der Waals surface area contributed by atoms with E-state index in [-0.39, 0.29) is 5.95 Å². The van der Waals surface area contributed by atoms with Crippen molar-refractivity contribution in [3.63, 3.8) is 0 Å². The van der Waals surface area contributed by atoms with Gasteiger partial charge >= 0.3 is 0 Å². The highest BCUT2D eigenvalue weighted by molar-refractivity contribution is 14.1. The molecule has 0 spiro atoms. The quantitative estimate of drug-likeness (QED) is 0.648. The van der Waals surface area contributed by atoms with Crippen LogP contribution < -0.4 is 11.1 Å². The highest BCUT2D eigenvalue weighted by Gasteiger charge is 2.01. The van der Waals surface area contributed by atoms with Gasteiger partial charge in [0.1, 0.15) is 11.0 Å². The number of nitrogens with two attached hydrogens (primary N) is 1. The zero-order valence-corrected chi connectivity index (χ0v) is 11.0. The monoisotopic (exact) mass is 346 g/mol. The van der Waals surface area contributed by atoms with Crippen LogP contribution in [0, 0.1) is 3.57 Å². The Kier molecular flexibility index (Phi) is 3.45. The molecule has 16 heavy (non-hydrogen) atoms. The van der Waals surface area contributed by atoms with Gasteiger partial charge in [-0.3, -0.25) is 0 Å². The molecule has 3 N–H and O–H groups in total. The van der Waals surface area contributed by atoms with E-state index in [0.717, 1.165) is 9.26 Å². The van der Waals surface area contributed by atoms with Crippen molar-refractivity contribution in [2.24, 2.45) is 0 Å². The lowest BCUT2D eigenvalue weighted by Gasteiger charge is -2.06. The van der Waals surface area contributed by atoms with Crippen LogP contribution in [0.5, 0.6) is 0 Å². The average Bonchev–Trinajstić information content (AvgIpc) is 2.15. The lowest BCUT2D eigenvalue weighted by Crippen LogP contribution is -2.00. The number of nitrogen functional groups attached to an aromatic ring is 1. The lowest BCUT2D eigenvalue weighted by molar-refractivity contribution is 1.18. The van der Waals surface area contributed by atoms with Crippen molar-refractivity contribution in [2.75, 3.05) is 11.1 Å². The zero-order chi connectivity index (χ0) is 11.5. The third-order valence-corrected chi connectivity index (χ3v) is 2.67. The molecule has 0 atom stereocenters. The molecule has 0 aliphatic carbocycles. The van der Waals surface area contributed by atoms with Gasteiger partial charge < -0.3 is 11.1 Å². The average molecular weight is 347 g/mol. The Bertz CT molecular complexity index is 498. The molecule has 6 heteroatoms. The van der Waals surface area contributed by atoms with Crippen molar-refractivity contribution in [3.05, 3.63) is 39.1 Å². The first-order valence-electron chi connectivity index (χ1n) is 4.46. The Morgan fingerprint density at radius 3 is 2.75 bits per heavy atom. The summed E-state index contributed by atoms with van der Waals surface area (Å²) in [6.07, 6.45) is 0. The molecule has 0 aliphatic heterocycles. The molecule has 0 aliphatic rings. The predicted octanol–water partition coefficient (Wildman–Crippen LogP) is 3.06. The van der Waals surface area contributed by atoms with Gasteiger partial charge in [0, 0.05) is 15.3 Å². The van der Waals surface area contributed by atoms with Crippen LogP contribution >= 0.6 is 34.2 Å². The molecule has 0 amide bonds. The smallest absolute Gasteiger partial charge is 0.223 e. The number of aromatic nitrogens is 2. The summed E-state index contributed by atoms with van der Waals surface area (Å²) in [7, 11) is 0. The Hall–Kier alpha value is -1.08. The molecular formula is C10H8ClIN4. The topological polar surface area (TPSA) is 63.8 Å². The fourth-order valence-corrected chi connectivity index (χ4v) is 1.95. The first kappa shape index (κ1) is 11.4. The van der Waals surface area contributed by atoms with Gasteiger partial charge in [0.15, 0.2) is 0 Å². The van der Waals surface area contributed by atoms with Crippen molar-refractivity contribution < 1.29 is 0 Å². The predicted molar refractivity (Wildman–Crippen MR) is 73.9 cm³/mol. The van der Waals surface area contributed by atoms with Crippen LogP contribution in [0.15, 0.2) is 30.3 Å². The number of hydrogen-bond acceptors (Lipinski definition) is 4. The van der Waals surface area contributed by atoms with E-state index in [1.807, 2.05) is 24.3 Å². The molecular weight excluding hydrogens is 338 g/mol. The number of anilines is 3. The maximum Gasteiger partial charge on any atom is 0.223 e. The molecule has 1 aromatic heterocycles. The van der Waals surface area contributed by atoms with Crippen molar-refractivity contribution in [1.29, 1.82) is 0 Å². The molecule has 82 valence electrons. The number of halogens is 2. The Morgan fingerprint density at radius 1 is 1.25 bits per heavy atom. The number of nitrogens with one attached hydrogen (secondary N) is 1. The van der Waals surface area contributed by atoms with Crippen LogP contribution in [0.4, 0.5) is 17.5 Å². The van der Waals surface area contributed by atoms with Crippen molar-refractivity contribution >= 4 is 51.6 Å². The van der Waals surface area contributed by atoms with Crippen LogP contribution in [-0.4, -0.2) is 9.97 Å². The van der Waals surface area contributed by atoms with E-state index in [0.29, 0.717) is 11.0 Å². The molecule has 1 aromatic carbocycles. The Balaban J connectivity index is 2.27. The molecule has 0 fully saturated rings. The third-order valence-electron chi connectivity index (χ3n) is 1.81. The molecule has 1 heterocycles. The number of nitrogens with zero attached hydrogens (tertiary/aromatic N) is 2. The summed E-state index contributed by atoms with van der Waals surface area (Å²) in [4.78, 5) is 7.81. The zero-order valence-electron chi connectivity index (χ0n) is 8.11. The van der Waals surface area contributed by atoms with Crippen LogP contribution in [0.25, 0.3) is 0 Å². The molecule has 0 unspecified atom stereocenters. The number of rotatable bonds is 2. The van der Waals surface area contributed by atoms with E-state index in [9.17, 15) is 0 Å². The van der Waals surface area contributed by atoms with E-state index in [2.05, 4.69) is 37.9 Å². The van der Waals surface area contributed by atoms with Crippen LogP contribution in [0.3, 0.4) is 0 Å². The largest absolute Gasteiger partial charge is 0.368 e. The second kappa shape index (κ2) is 4.84. The van der Waals surface area contributed by atoms with E-state index in [4.69, 9.17) is 17.3 Å².